The van der Waals surface area contributed by atoms with Gasteiger partial charge in [0.15, 0.2) is 0 Å². The second-order valence-corrected chi connectivity index (χ2v) is 4.98. The summed E-state index contributed by atoms with van der Waals surface area (Å²) in [7, 11) is 0. The van der Waals surface area contributed by atoms with E-state index in [0.717, 1.165) is 12.3 Å². The van der Waals surface area contributed by atoms with Crippen LogP contribution in [0.3, 0.4) is 0 Å². The second-order valence-electron chi connectivity index (χ2n) is 4.98. The molecule has 0 bridgehead atoms. The van der Waals surface area contributed by atoms with Gasteiger partial charge in [-0.15, -0.1) is 0 Å². The molecule has 0 fully saturated rings. The third-order valence-electron chi connectivity index (χ3n) is 3.18. The van der Waals surface area contributed by atoms with Gasteiger partial charge in [0.2, 0.25) is 0 Å². The lowest BCUT2D eigenvalue weighted by atomic mass is 10.0. The Morgan fingerprint density at radius 2 is 2.17 bits per heavy atom. The van der Waals surface area contributed by atoms with Crippen LogP contribution in [-0.4, -0.2) is 15.8 Å². The molecule has 2 atom stereocenters. The molecule has 4 nitrogen and oxygen atoms in total. The van der Waals surface area contributed by atoms with E-state index >= 15 is 0 Å². The van der Waals surface area contributed by atoms with E-state index in [9.17, 15) is 0 Å². The molecular weight excluding hydrogens is 226 g/mol. The highest BCUT2D eigenvalue weighted by Crippen LogP contribution is 2.16. The third-order valence-corrected chi connectivity index (χ3v) is 3.18. The maximum absolute atomic E-state index is 5.43. The van der Waals surface area contributed by atoms with Crippen molar-refractivity contribution >= 4 is 0 Å². The number of nitrogens with zero attached hydrogens (tertiary/aromatic N) is 2. The van der Waals surface area contributed by atoms with Crippen LogP contribution in [0.2, 0.25) is 0 Å². The summed E-state index contributed by atoms with van der Waals surface area (Å²) in [4.78, 5) is 0. The summed E-state index contributed by atoms with van der Waals surface area (Å²) in [5.74, 6) is 1.51. The predicted molar refractivity (Wildman–Crippen MR) is 71.1 cm³/mol. The lowest BCUT2D eigenvalue weighted by molar-refractivity contribution is 0.298. The van der Waals surface area contributed by atoms with Crippen molar-refractivity contribution in [2.24, 2.45) is 5.92 Å². The highest BCUT2D eigenvalue weighted by Gasteiger charge is 2.18. The Bertz CT molecular complexity index is 434. The SMILES string of the molecule is CC(NC(Cn1cccn1)C(C)C)c1ccco1. The minimum Gasteiger partial charge on any atom is -0.468 e. The number of hydrogen-bond donors (Lipinski definition) is 1. The van der Waals surface area contributed by atoms with Crippen LogP contribution in [0.1, 0.15) is 32.6 Å². The van der Waals surface area contributed by atoms with Gasteiger partial charge >= 0.3 is 0 Å². The third kappa shape index (κ3) is 3.23. The van der Waals surface area contributed by atoms with Gasteiger partial charge in [-0.05, 0) is 31.0 Å². The summed E-state index contributed by atoms with van der Waals surface area (Å²) in [6, 6.07) is 6.45. The van der Waals surface area contributed by atoms with E-state index in [1.807, 2.05) is 35.3 Å². The molecule has 2 unspecified atom stereocenters. The van der Waals surface area contributed by atoms with Gasteiger partial charge < -0.3 is 9.73 Å². The van der Waals surface area contributed by atoms with E-state index in [1.165, 1.54) is 0 Å². The summed E-state index contributed by atoms with van der Waals surface area (Å²) in [6.07, 6.45) is 5.52. The minimum atomic E-state index is 0.211. The Balaban J connectivity index is 1.98. The zero-order valence-corrected chi connectivity index (χ0v) is 11.2. The lowest BCUT2D eigenvalue weighted by Crippen LogP contribution is -2.39. The molecule has 2 rings (SSSR count). The van der Waals surface area contributed by atoms with Gasteiger partial charge in [-0.1, -0.05) is 13.8 Å². The minimum absolute atomic E-state index is 0.211. The number of hydrogen-bond acceptors (Lipinski definition) is 3. The largest absolute Gasteiger partial charge is 0.468 e. The molecule has 2 heterocycles. The molecule has 98 valence electrons. The molecule has 2 aromatic heterocycles. The van der Waals surface area contributed by atoms with Gasteiger partial charge in [-0.2, -0.15) is 5.10 Å². The molecule has 0 aromatic carbocycles. The van der Waals surface area contributed by atoms with E-state index in [2.05, 4.69) is 31.2 Å². The van der Waals surface area contributed by atoms with E-state index in [0.29, 0.717) is 12.0 Å². The van der Waals surface area contributed by atoms with Crippen molar-refractivity contribution in [3.63, 3.8) is 0 Å². The van der Waals surface area contributed by atoms with Crippen LogP contribution in [0.4, 0.5) is 0 Å². The quantitative estimate of drug-likeness (QED) is 0.853. The average Bonchev–Trinajstić information content (AvgIpc) is 3.00. The lowest BCUT2D eigenvalue weighted by Gasteiger charge is -2.25. The van der Waals surface area contributed by atoms with Crippen LogP contribution < -0.4 is 5.32 Å². The standard InChI is InChI=1S/C14H21N3O/c1-11(2)13(10-17-8-5-7-15-17)16-12(3)14-6-4-9-18-14/h4-9,11-13,16H,10H2,1-3H3. The molecular formula is C14H21N3O. The monoisotopic (exact) mass is 247 g/mol. The molecule has 0 saturated carbocycles. The molecule has 4 heteroatoms. The van der Waals surface area contributed by atoms with Crippen LogP contribution >= 0.6 is 0 Å². The maximum Gasteiger partial charge on any atom is 0.120 e. The van der Waals surface area contributed by atoms with E-state index in [1.54, 1.807) is 6.26 Å². The van der Waals surface area contributed by atoms with Crippen molar-refractivity contribution in [3.8, 4) is 0 Å². The van der Waals surface area contributed by atoms with Gasteiger partial charge in [0.05, 0.1) is 18.8 Å². The first-order chi connectivity index (χ1) is 8.66. The van der Waals surface area contributed by atoms with Crippen LogP contribution in [-0.2, 0) is 6.54 Å². The molecule has 1 N–H and O–H groups in total. The summed E-state index contributed by atoms with van der Waals surface area (Å²) in [5, 5.41) is 7.86. The Morgan fingerprint density at radius 1 is 1.33 bits per heavy atom. The second kappa shape index (κ2) is 5.87. The highest BCUT2D eigenvalue weighted by molar-refractivity contribution is 5.03. The summed E-state index contributed by atoms with van der Waals surface area (Å²) in [5.41, 5.74) is 0. The molecule has 0 aliphatic rings. The van der Waals surface area contributed by atoms with Gasteiger partial charge in [-0.25, -0.2) is 0 Å². The first-order valence-electron chi connectivity index (χ1n) is 6.43. The number of rotatable bonds is 6. The van der Waals surface area contributed by atoms with Crippen LogP contribution in [0.15, 0.2) is 41.3 Å². The fourth-order valence-electron chi connectivity index (χ4n) is 2.01. The number of aromatic nitrogens is 2. The first kappa shape index (κ1) is 12.9. The summed E-state index contributed by atoms with van der Waals surface area (Å²) >= 11 is 0. The molecule has 0 spiro atoms. The Hall–Kier alpha value is -1.55. The molecule has 2 aromatic rings. The zero-order chi connectivity index (χ0) is 13.0. The molecule has 0 saturated heterocycles. The van der Waals surface area contributed by atoms with Crippen molar-refractivity contribution in [3.05, 3.63) is 42.6 Å². The highest BCUT2D eigenvalue weighted by atomic mass is 16.3. The summed E-state index contributed by atoms with van der Waals surface area (Å²) < 4.78 is 7.39. The first-order valence-corrected chi connectivity index (χ1v) is 6.43. The van der Waals surface area contributed by atoms with Crippen molar-refractivity contribution in [1.82, 2.24) is 15.1 Å². The maximum atomic E-state index is 5.43. The Kier molecular flexibility index (Phi) is 4.20. The normalized spacial score (nSPS) is 14.9. The van der Waals surface area contributed by atoms with Crippen LogP contribution in [0, 0.1) is 5.92 Å². The van der Waals surface area contributed by atoms with Gasteiger partial charge in [-0.3, -0.25) is 4.68 Å². The molecule has 0 aliphatic carbocycles. The smallest absolute Gasteiger partial charge is 0.120 e. The van der Waals surface area contributed by atoms with Crippen LogP contribution in [0.5, 0.6) is 0 Å². The van der Waals surface area contributed by atoms with E-state index < -0.39 is 0 Å². The van der Waals surface area contributed by atoms with Crippen molar-refractivity contribution in [1.29, 1.82) is 0 Å². The van der Waals surface area contributed by atoms with Gasteiger partial charge in [0.1, 0.15) is 5.76 Å². The zero-order valence-electron chi connectivity index (χ0n) is 11.2. The predicted octanol–water partition coefficient (Wildman–Crippen LogP) is 2.85. The average molecular weight is 247 g/mol. The Labute approximate surface area is 108 Å². The molecule has 0 aliphatic heterocycles. The summed E-state index contributed by atoms with van der Waals surface area (Å²) in [6.45, 7) is 7.43. The topological polar surface area (TPSA) is 43.0 Å². The van der Waals surface area contributed by atoms with Crippen molar-refractivity contribution in [2.45, 2.75) is 39.4 Å². The fourth-order valence-corrected chi connectivity index (χ4v) is 2.01. The number of furan rings is 1. The van der Waals surface area contributed by atoms with Crippen LogP contribution in [0.25, 0.3) is 0 Å². The molecule has 0 amide bonds. The van der Waals surface area contributed by atoms with Gasteiger partial charge in [0.25, 0.3) is 0 Å². The van der Waals surface area contributed by atoms with Crippen molar-refractivity contribution in [2.75, 3.05) is 0 Å². The fraction of sp³-hybridized carbons (Fsp3) is 0.500. The van der Waals surface area contributed by atoms with E-state index in [-0.39, 0.29) is 6.04 Å². The van der Waals surface area contributed by atoms with Crippen molar-refractivity contribution < 1.29 is 4.42 Å². The van der Waals surface area contributed by atoms with E-state index in [4.69, 9.17) is 4.42 Å². The molecule has 18 heavy (non-hydrogen) atoms. The number of nitrogens with one attached hydrogen (secondary N) is 1. The van der Waals surface area contributed by atoms with Gasteiger partial charge in [0, 0.05) is 18.4 Å². The molecule has 0 radical (unpaired) electrons. The Morgan fingerprint density at radius 3 is 2.72 bits per heavy atom.